The molecule has 0 spiro atoms. The Morgan fingerprint density at radius 2 is 2.14 bits per heavy atom. The fourth-order valence-electron chi connectivity index (χ4n) is 2.81. The summed E-state index contributed by atoms with van der Waals surface area (Å²) in [5.41, 5.74) is 2.53. The van der Waals surface area contributed by atoms with E-state index in [1.807, 2.05) is 41.7 Å². The molecule has 3 rings (SSSR count). The summed E-state index contributed by atoms with van der Waals surface area (Å²) in [5, 5.41) is 5.16. The SMILES string of the molecule is CC1c2ccsc2CCN1CC(=O)NCc1ccccc1. The van der Waals surface area contributed by atoms with Crippen molar-refractivity contribution in [1.82, 2.24) is 10.2 Å². The lowest BCUT2D eigenvalue weighted by molar-refractivity contribution is -0.123. The lowest BCUT2D eigenvalue weighted by Gasteiger charge is -2.32. The summed E-state index contributed by atoms with van der Waals surface area (Å²) in [4.78, 5) is 15.9. The van der Waals surface area contributed by atoms with Gasteiger partial charge in [0.05, 0.1) is 6.54 Å². The molecular weight excluding hydrogens is 280 g/mol. The second kappa shape index (κ2) is 6.41. The number of carbonyl (C=O) groups is 1. The molecular formula is C17H20N2OS. The molecule has 1 aromatic heterocycles. The number of nitrogens with zero attached hydrogens (tertiary/aromatic N) is 1. The number of amides is 1. The first kappa shape index (κ1) is 14.3. The zero-order chi connectivity index (χ0) is 14.7. The molecule has 3 nitrogen and oxygen atoms in total. The van der Waals surface area contributed by atoms with Crippen LogP contribution >= 0.6 is 11.3 Å². The average Bonchev–Trinajstić information content (AvgIpc) is 2.98. The number of rotatable bonds is 4. The number of fused-ring (bicyclic) bond motifs is 1. The molecule has 0 radical (unpaired) electrons. The molecule has 1 unspecified atom stereocenters. The first-order valence-electron chi connectivity index (χ1n) is 7.35. The highest BCUT2D eigenvalue weighted by atomic mass is 32.1. The van der Waals surface area contributed by atoms with E-state index in [-0.39, 0.29) is 5.91 Å². The van der Waals surface area contributed by atoms with Gasteiger partial charge in [0.25, 0.3) is 0 Å². The van der Waals surface area contributed by atoms with E-state index in [9.17, 15) is 4.79 Å². The summed E-state index contributed by atoms with van der Waals surface area (Å²) < 4.78 is 0. The third-order valence-corrected chi connectivity index (χ3v) is 5.08. The van der Waals surface area contributed by atoms with Gasteiger partial charge in [0, 0.05) is 24.0 Å². The van der Waals surface area contributed by atoms with Gasteiger partial charge in [-0.2, -0.15) is 0 Å². The molecule has 4 heteroatoms. The fraction of sp³-hybridized carbons (Fsp3) is 0.353. The Bertz CT molecular complexity index is 608. The summed E-state index contributed by atoms with van der Waals surface area (Å²) in [7, 11) is 0. The number of benzene rings is 1. The maximum atomic E-state index is 12.1. The van der Waals surface area contributed by atoms with E-state index >= 15 is 0 Å². The van der Waals surface area contributed by atoms with Crippen molar-refractivity contribution in [3.05, 3.63) is 57.8 Å². The number of carbonyl (C=O) groups excluding carboxylic acids is 1. The Labute approximate surface area is 129 Å². The Hall–Kier alpha value is -1.65. The van der Waals surface area contributed by atoms with Crippen LogP contribution in [0.1, 0.15) is 29.0 Å². The second-order valence-electron chi connectivity index (χ2n) is 5.46. The molecule has 2 aromatic rings. The van der Waals surface area contributed by atoms with Crippen molar-refractivity contribution in [2.24, 2.45) is 0 Å². The molecule has 0 aliphatic carbocycles. The van der Waals surface area contributed by atoms with Crippen molar-refractivity contribution < 1.29 is 4.79 Å². The monoisotopic (exact) mass is 300 g/mol. The molecule has 0 bridgehead atoms. The maximum absolute atomic E-state index is 12.1. The minimum Gasteiger partial charge on any atom is -0.351 e. The highest BCUT2D eigenvalue weighted by Crippen LogP contribution is 2.32. The van der Waals surface area contributed by atoms with Crippen molar-refractivity contribution in [3.8, 4) is 0 Å². The van der Waals surface area contributed by atoms with Crippen LogP contribution in [0.4, 0.5) is 0 Å². The van der Waals surface area contributed by atoms with Gasteiger partial charge in [-0.05, 0) is 35.9 Å². The van der Waals surface area contributed by atoms with E-state index in [1.54, 1.807) is 0 Å². The highest BCUT2D eigenvalue weighted by molar-refractivity contribution is 7.10. The van der Waals surface area contributed by atoms with Gasteiger partial charge in [0.2, 0.25) is 5.91 Å². The molecule has 0 saturated heterocycles. The van der Waals surface area contributed by atoms with E-state index in [1.165, 1.54) is 10.4 Å². The van der Waals surface area contributed by atoms with Crippen molar-refractivity contribution in [2.75, 3.05) is 13.1 Å². The Morgan fingerprint density at radius 3 is 2.95 bits per heavy atom. The number of nitrogens with one attached hydrogen (secondary N) is 1. The van der Waals surface area contributed by atoms with Gasteiger partial charge < -0.3 is 5.32 Å². The van der Waals surface area contributed by atoms with Crippen LogP contribution in [-0.2, 0) is 17.8 Å². The maximum Gasteiger partial charge on any atom is 0.234 e. The Morgan fingerprint density at radius 1 is 1.33 bits per heavy atom. The number of thiophene rings is 1. The first-order valence-corrected chi connectivity index (χ1v) is 8.23. The second-order valence-corrected chi connectivity index (χ2v) is 6.46. The largest absolute Gasteiger partial charge is 0.351 e. The van der Waals surface area contributed by atoms with Gasteiger partial charge in [0.15, 0.2) is 0 Å². The molecule has 0 fully saturated rings. The van der Waals surface area contributed by atoms with Crippen LogP contribution in [0.2, 0.25) is 0 Å². The lowest BCUT2D eigenvalue weighted by atomic mass is 10.0. The topological polar surface area (TPSA) is 32.3 Å². The Kier molecular flexibility index (Phi) is 4.36. The number of hydrogen-bond acceptors (Lipinski definition) is 3. The van der Waals surface area contributed by atoms with Crippen molar-refractivity contribution in [3.63, 3.8) is 0 Å². The molecule has 2 heterocycles. The molecule has 1 amide bonds. The summed E-state index contributed by atoms with van der Waals surface area (Å²) >= 11 is 1.83. The minimum absolute atomic E-state index is 0.101. The summed E-state index contributed by atoms with van der Waals surface area (Å²) in [5.74, 6) is 0.101. The predicted octanol–water partition coefficient (Wildman–Crippen LogP) is 2.98. The third-order valence-electron chi connectivity index (χ3n) is 4.08. The summed E-state index contributed by atoms with van der Waals surface area (Å²) in [6, 6.07) is 12.6. The summed E-state index contributed by atoms with van der Waals surface area (Å²) in [6.45, 7) is 4.23. The normalized spacial score (nSPS) is 18.2. The van der Waals surface area contributed by atoms with Crippen LogP contribution in [0.3, 0.4) is 0 Å². The van der Waals surface area contributed by atoms with Crippen LogP contribution < -0.4 is 5.32 Å². The van der Waals surface area contributed by atoms with Gasteiger partial charge >= 0.3 is 0 Å². The molecule has 1 aliphatic rings. The molecule has 1 atom stereocenters. The zero-order valence-corrected chi connectivity index (χ0v) is 13.0. The molecule has 1 aromatic carbocycles. The van der Waals surface area contributed by atoms with Crippen molar-refractivity contribution >= 4 is 17.2 Å². The summed E-state index contributed by atoms with van der Waals surface area (Å²) in [6.07, 6.45) is 1.06. The third kappa shape index (κ3) is 3.34. The molecule has 21 heavy (non-hydrogen) atoms. The van der Waals surface area contributed by atoms with Gasteiger partial charge in [-0.25, -0.2) is 0 Å². The van der Waals surface area contributed by atoms with E-state index in [2.05, 4.69) is 28.6 Å². The lowest BCUT2D eigenvalue weighted by Crippen LogP contribution is -2.41. The average molecular weight is 300 g/mol. The minimum atomic E-state index is 0.101. The zero-order valence-electron chi connectivity index (χ0n) is 12.2. The van der Waals surface area contributed by atoms with Gasteiger partial charge in [0.1, 0.15) is 0 Å². The van der Waals surface area contributed by atoms with Crippen LogP contribution in [-0.4, -0.2) is 23.9 Å². The van der Waals surface area contributed by atoms with Crippen LogP contribution in [0.15, 0.2) is 41.8 Å². The smallest absolute Gasteiger partial charge is 0.234 e. The predicted molar refractivity (Wildman–Crippen MR) is 86.3 cm³/mol. The van der Waals surface area contributed by atoms with E-state index in [4.69, 9.17) is 0 Å². The molecule has 1 N–H and O–H groups in total. The van der Waals surface area contributed by atoms with Crippen LogP contribution in [0.25, 0.3) is 0 Å². The van der Waals surface area contributed by atoms with Gasteiger partial charge in [-0.15, -0.1) is 11.3 Å². The van der Waals surface area contributed by atoms with E-state index in [0.717, 1.165) is 18.5 Å². The first-order chi connectivity index (χ1) is 10.2. The fourth-order valence-corrected chi connectivity index (χ4v) is 3.78. The van der Waals surface area contributed by atoms with Crippen molar-refractivity contribution in [1.29, 1.82) is 0 Å². The number of hydrogen-bond donors (Lipinski definition) is 1. The van der Waals surface area contributed by atoms with Gasteiger partial charge in [-0.1, -0.05) is 30.3 Å². The van der Waals surface area contributed by atoms with Crippen LogP contribution in [0, 0.1) is 0 Å². The standard InChI is InChI=1S/C17H20N2OS/c1-13-15-8-10-21-16(15)7-9-19(13)12-17(20)18-11-14-5-3-2-4-6-14/h2-6,8,10,13H,7,9,11-12H2,1H3,(H,18,20). The molecule has 110 valence electrons. The van der Waals surface area contributed by atoms with Crippen LogP contribution in [0.5, 0.6) is 0 Å². The Balaban J connectivity index is 1.54. The van der Waals surface area contributed by atoms with Crippen molar-refractivity contribution in [2.45, 2.75) is 25.9 Å². The highest BCUT2D eigenvalue weighted by Gasteiger charge is 2.25. The quantitative estimate of drug-likeness (QED) is 0.941. The van der Waals surface area contributed by atoms with E-state index < -0.39 is 0 Å². The van der Waals surface area contributed by atoms with Gasteiger partial charge in [-0.3, -0.25) is 9.69 Å². The molecule has 1 aliphatic heterocycles. The molecule has 0 saturated carbocycles. The van der Waals surface area contributed by atoms with E-state index in [0.29, 0.717) is 19.1 Å².